The van der Waals surface area contributed by atoms with E-state index < -0.39 is 0 Å². The van der Waals surface area contributed by atoms with E-state index in [2.05, 4.69) is 48.5 Å². The molecule has 102 valence electrons. The molecule has 20 heavy (non-hydrogen) atoms. The van der Waals surface area contributed by atoms with Crippen molar-refractivity contribution in [2.45, 2.75) is 38.5 Å². The average molecular weight is 262 g/mol. The Balaban J connectivity index is 1.76. The second kappa shape index (κ2) is 5.09. The number of fused-ring (bicyclic) bond motifs is 5. The lowest BCUT2D eigenvalue weighted by molar-refractivity contribution is 0.355. The van der Waals surface area contributed by atoms with Gasteiger partial charge in [-0.25, -0.2) is 0 Å². The first kappa shape index (κ1) is 12.2. The highest BCUT2D eigenvalue weighted by molar-refractivity contribution is 5.33. The SMILES string of the molecule is c1ccc2c(c1)CC1CCC(C2)Cc2ccccc2C1. The normalized spacial score (nSPS) is 24.8. The molecular weight excluding hydrogens is 240 g/mol. The van der Waals surface area contributed by atoms with Crippen molar-refractivity contribution in [3.8, 4) is 0 Å². The van der Waals surface area contributed by atoms with Gasteiger partial charge in [0.2, 0.25) is 0 Å². The summed E-state index contributed by atoms with van der Waals surface area (Å²) in [6.07, 6.45) is 7.92. The molecule has 0 N–H and O–H groups in total. The summed E-state index contributed by atoms with van der Waals surface area (Å²) in [5.74, 6) is 1.67. The molecule has 0 aromatic heterocycles. The highest BCUT2D eigenvalue weighted by Gasteiger charge is 2.25. The molecule has 0 radical (unpaired) electrons. The second-order valence-corrected chi connectivity index (χ2v) is 6.66. The van der Waals surface area contributed by atoms with Crippen LogP contribution in [0.4, 0.5) is 0 Å². The lowest BCUT2D eigenvalue weighted by Gasteiger charge is -2.31. The second-order valence-electron chi connectivity index (χ2n) is 6.66. The van der Waals surface area contributed by atoms with Crippen molar-refractivity contribution in [2.24, 2.45) is 11.8 Å². The fourth-order valence-electron chi connectivity index (χ4n) is 4.18. The van der Waals surface area contributed by atoms with Gasteiger partial charge in [0.25, 0.3) is 0 Å². The van der Waals surface area contributed by atoms with Crippen molar-refractivity contribution < 1.29 is 0 Å². The van der Waals surface area contributed by atoms with Gasteiger partial charge in [0.1, 0.15) is 0 Å². The van der Waals surface area contributed by atoms with Gasteiger partial charge < -0.3 is 0 Å². The van der Waals surface area contributed by atoms with Crippen LogP contribution in [-0.4, -0.2) is 0 Å². The lowest BCUT2D eigenvalue weighted by atomic mass is 9.74. The van der Waals surface area contributed by atoms with E-state index >= 15 is 0 Å². The first-order valence-electron chi connectivity index (χ1n) is 8.02. The molecule has 4 rings (SSSR count). The monoisotopic (exact) mass is 262 g/mol. The first-order valence-corrected chi connectivity index (χ1v) is 8.02. The van der Waals surface area contributed by atoms with Crippen LogP contribution in [0, 0.1) is 11.8 Å². The van der Waals surface area contributed by atoms with Gasteiger partial charge in [-0.3, -0.25) is 0 Å². The molecule has 2 aromatic rings. The summed E-state index contributed by atoms with van der Waals surface area (Å²) < 4.78 is 0. The summed E-state index contributed by atoms with van der Waals surface area (Å²) in [7, 11) is 0. The Bertz CT molecular complexity index is 505. The van der Waals surface area contributed by atoms with E-state index in [0.29, 0.717) is 0 Å². The maximum Gasteiger partial charge on any atom is -0.0244 e. The van der Waals surface area contributed by atoms with Crippen LogP contribution in [-0.2, 0) is 25.7 Å². The topological polar surface area (TPSA) is 0 Å². The number of benzene rings is 2. The number of hydrogen-bond acceptors (Lipinski definition) is 0. The maximum atomic E-state index is 2.36. The van der Waals surface area contributed by atoms with Crippen molar-refractivity contribution >= 4 is 0 Å². The standard InChI is InChI=1S/C20H22/c1-2-6-18-12-16-10-9-15(11-17(18)5-1)13-19-7-3-4-8-20(19)14-16/h1-8,15-16H,9-14H2. The van der Waals surface area contributed by atoms with Gasteiger partial charge in [-0.1, -0.05) is 48.5 Å². The molecule has 0 atom stereocenters. The fraction of sp³-hybridized carbons (Fsp3) is 0.400. The van der Waals surface area contributed by atoms with Gasteiger partial charge >= 0.3 is 0 Å². The summed E-state index contributed by atoms with van der Waals surface area (Å²) in [6.45, 7) is 0. The molecule has 0 heteroatoms. The minimum atomic E-state index is 0.834. The summed E-state index contributed by atoms with van der Waals surface area (Å²) in [4.78, 5) is 0. The van der Waals surface area contributed by atoms with Gasteiger partial charge in [0.15, 0.2) is 0 Å². The molecule has 0 amide bonds. The summed E-state index contributed by atoms with van der Waals surface area (Å²) in [5, 5.41) is 0. The van der Waals surface area contributed by atoms with E-state index in [-0.39, 0.29) is 0 Å². The van der Waals surface area contributed by atoms with E-state index in [0.717, 1.165) is 11.8 Å². The van der Waals surface area contributed by atoms with Crippen LogP contribution in [0.5, 0.6) is 0 Å². The minimum absolute atomic E-state index is 0.834. The quantitative estimate of drug-likeness (QED) is 0.651. The third-order valence-electron chi connectivity index (χ3n) is 5.25. The molecule has 2 aliphatic rings. The molecule has 2 aliphatic carbocycles. The minimum Gasteiger partial charge on any atom is -0.0620 e. The molecule has 2 aromatic carbocycles. The van der Waals surface area contributed by atoms with E-state index in [9.17, 15) is 0 Å². The number of rotatable bonds is 0. The van der Waals surface area contributed by atoms with Crippen LogP contribution in [0.1, 0.15) is 35.1 Å². The van der Waals surface area contributed by atoms with Gasteiger partial charge in [0.05, 0.1) is 0 Å². The summed E-state index contributed by atoms with van der Waals surface area (Å²) >= 11 is 0. The third-order valence-corrected chi connectivity index (χ3v) is 5.25. The fourth-order valence-corrected chi connectivity index (χ4v) is 4.18. The van der Waals surface area contributed by atoms with E-state index in [1.807, 2.05) is 0 Å². The predicted molar refractivity (Wildman–Crippen MR) is 83.9 cm³/mol. The van der Waals surface area contributed by atoms with Crippen molar-refractivity contribution in [1.82, 2.24) is 0 Å². The Morgan fingerprint density at radius 2 is 0.800 bits per heavy atom. The zero-order valence-corrected chi connectivity index (χ0v) is 12.0. The van der Waals surface area contributed by atoms with E-state index in [1.54, 1.807) is 22.3 Å². The van der Waals surface area contributed by atoms with Gasteiger partial charge in [-0.15, -0.1) is 0 Å². The molecule has 0 saturated heterocycles. The molecule has 0 fully saturated rings. The summed E-state index contributed by atoms with van der Waals surface area (Å²) in [5.41, 5.74) is 6.45. The highest BCUT2D eigenvalue weighted by Crippen LogP contribution is 2.34. The maximum absolute atomic E-state index is 2.36. The molecule has 0 heterocycles. The highest BCUT2D eigenvalue weighted by atomic mass is 14.3. The van der Waals surface area contributed by atoms with Gasteiger partial charge in [0, 0.05) is 0 Å². The van der Waals surface area contributed by atoms with Crippen LogP contribution >= 0.6 is 0 Å². The van der Waals surface area contributed by atoms with E-state index in [1.165, 1.54) is 38.5 Å². The number of hydrogen-bond donors (Lipinski definition) is 0. The van der Waals surface area contributed by atoms with E-state index in [4.69, 9.17) is 0 Å². The van der Waals surface area contributed by atoms with Crippen molar-refractivity contribution in [1.29, 1.82) is 0 Å². The Kier molecular flexibility index (Phi) is 3.10. The summed E-state index contributed by atoms with van der Waals surface area (Å²) in [6, 6.07) is 18.3. The third kappa shape index (κ3) is 2.28. The molecule has 0 nitrogen and oxygen atoms in total. The Morgan fingerprint density at radius 1 is 0.500 bits per heavy atom. The Morgan fingerprint density at radius 3 is 1.10 bits per heavy atom. The molecule has 0 saturated carbocycles. The largest absolute Gasteiger partial charge is 0.0620 e. The molecule has 2 bridgehead atoms. The predicted octanol–water partition coefficient (Wildman–Crippen LogP) is 4.60. The average Bonchev–Trinajstić information content (AvgIpc) is 2.44. The van der Waals surface area contributed by atoms with Crippen LogP contribution in [0.25, 0.3) is 0 Å². The molecule has 0 spiro atoms. The van der Waals surface area contributed by atoms with Crippen molar-refractivity contribution in [3.05, 3.63) is 70.8 Å². The van der Waals surface area contributed by atoms with Gasteiger partial charge in [-0.05, 0) is 72.6 Å². The van der Waals surface area contributed by atoms with Gasteiger partial charge in [-0.2, -0.15) is 0 Å². The molecule has 0 unspecified atom stereocenters. The van der Waals surface area contributed by atoms with Crippen LogP contribution in [0.15, 0.2) is 48.5 Å². The molecular formula is C20H22. The first-order chi connectivity index (χ1) is 9.88. The van der Waals surface area contributed by atoms with Crippen LogP contribution < -0.4 is 0 Å². The lowest BCUT2D eigenvalue weighted by Crippen LogP contribution is -2.22. The van der Waals surface area contributed by atoms with Crippen molar-refractivity contribution in [3.63, 3.8) is 0 Å². The zero-order chi connectivity index (χ0) is 13.4. The zero-order valence-electron chi connectivity index (χ0n) is 12.0. The van der Waals surface area contributed by atoms with Crippen molar-refractivity contribution in [2.75, 3.05) is 0 Å². The Hall–Kier alpha value is -1.56. The molecule has 0 aliphatic heterocycles. The van der Waals surface area contributed by atoms with Crippen LogP contribution in [0.3, 0.4) is 0 Å². The van der Waals surface area contributed by atoms with Crippen LogP contribution in [0.2, 0.25) is 0 Å². The Labute approximate surface area is 121 Å². The smallest absolute Gasteiger partial charge is 0.0244 e.